The van der Waals surface area contributed by atoms with E-state index in [9.17, 15) is 0 Å². The van der Waals surface area contributed by atoms with Gasteiger partial charge in [-0.25, -0.2) is 0 Å². The molecule has 0 unspecified atom stereocenters. The van der Waals surface area contributed by atoms with E-state index in [2.05, 4.69) is 6.92 Å². The standard InChI is InChI=1S/C14H31N.CH4/c1-2-3-4-5-6-7-8-9-10-11-12-13-14-15;/h2-15H2,1H3;1H4. The number of unbranched alkanes of at least 4 members (excludes halogenated alkanes) is 11. The lowest BCUT2D eigenvalue weighted by Gasteiger charge is -2.01. The van der Waals surface area contributed by atoms with Gasteiger partial charge in [0, 0.05) is 0 Å². The number of nitrogens with two attached hydrogens (primary N) is 1. The molecular formula is C15H35N. The van der Waals surface area contributed by atoms with Crippen LogP contribution in [0.25, 0.3) is 0 Å². The van der Waals surface area contributed by atoms with Gasteiger partial charge in [0.05, 0.1) is 0 Å². The van der Waals surface area contributed by atoms with Crippen LogP contribution >= 0.6 is 0 Å². The van der Waals surface area contributed by atoms with Gasteiger partial charge in [0.25, 0.3) is 0 Å². The fourth-order valence-corrected chi connectivity index (χ4v) is 1.99. The third-order valence-corrected chi connectivity index (χ3v) is 3.06. The van der Waals surface area contributed by atoms with Gasteiger partial charge in [-0.05, 0) is 13.0 Å². The second kappa shape index (κ2) is 17.4. The van der Waals surface area contributed by atoms with Gasteiger partial charge in [-0.15, -0.1) is 0 Å². The summed E-state index contributed by atoms with van der Waals surface area (Å²) in [5.41, 5.74) is 5.45. The minimum absolute atomic E-state index is 0. The zero-order chi connectivity index (χ0) is 11.2. The van der Waals surface area contributed by atoms with Crippen molar-refractivity contribution in [3.8, 4) is 0 Å². The van der Waals surface area contributed by atoms with Gasteiger partial charge < -0.3 is 5.73 Å². The van der Waals surface area contributed by atoms with Gasteiger partial charge in [0.2, 0.25) is 0 Å². The molecule has 0 rings (SSSR count). The van der Waals surface area contributed by atoms with Crippen molar-refractivity contribution in [3.05, 3.63) is 0 Å². The maximum absolute atomic E-state index is 5.45. The second-order valence-electron chi connectivity index (χ2n) is 4.68. The molecule has 0 aromatic carbocycles. The highest BCUT2D eigenvalue weighted by Crippen LogP contribution is 2.11. The molecule has 0 fully saturated rings. The molecule has 2 N–H and O–H groups in total. The Labute approximate surface area is 104 Å². The molecule has 0 heterocycles. The average molecular weight is 229 g/mol. The van der Waals surface area contributed by atoms with Crippen molar-refractivity contribution in [2.45, 2.75) is 91.4 Å². The third kappa shape index (κ3) is 16.4. The quantitative estimate of drug-likeness (QED) is 0.453. The molecular weight excluding hydrogens is 194 g/mol. The van der Waals surface area contributed by atoms with Crippen molar-refractivity contribution in [1.29, 1.82) is 0 Å². The minimum Gasteiger partial charge on any atom is -0.330 e. The van der Waals surface area contributed by atoms with Crippen molar-refractivity contribution in [2.24, 2.45) is 5.73 Å². The number of hydrogen-bond acceptors (Lipinski definition) is 1. The Kier molecular flexibility index (Phi) is 19.9. The Balaban J connectivity index is 0. The van der Waals surface area contributed by atoms with E-state index in [1.165, 1.54) is 77.0 Å². The van der Waals surface area contributed by atoms with Crippen molar-refractivity contribution < 1.29 is 0 Å². The summed E-state index contributed by atoms with van der Waals surface area (Å²) in [4.78, 5) is 0. The van der Waals surface area contributed by atoms with Crippen LogP contribution in [0.2, 0.25) is 0 Å². The first-order chi connectivity index (χ1) is 7.41. The number of rotatable bonds is 12. The SMILES string of the molecule is C.CCCCCCCCCCCCCCN. The largest absolute Gasteiger partial charge is 0.330 e. The van der Waals surface area contributed by atoms with Crippen LogP contribution in [0.3, 0.4) is 0 Å². The number of hydrogen-bond donors (Lipinski definition) is 1. The molecule has 16 heavy (non-hydrogen) atoms. The lowest BCUT2D eigenvalue weighted by Crippen LogP contribution is -1.97. The van der Waals surface area contributed by atoms with E-state index < -0.39 is 0 Å². The summed E-state index contributed by atoms with van der Waals surface area (Å²) in [7, 11) is 0. The monoisotopic (exact) mass is 229 g/mol. The van der Waals surface area contributed by atoms with Crippen LogP contribution in [0.5, 0.6) is 0 Å². The lowest BCUT2D eigenvalue weighted by atomic mass is 10.1. The molecule has 0 aromatic rings. The first kappa shape index (κ1) is 18.3. The van der Waals surface area contributed by atoms with Crippen LogP contribution in [-0.2, 0) is 0 Å². The van der Waals surface area contributed by atoms with Crippen molar-refractivity contribution in [3.63, 3.8) is 0 Å². The third-order valence-electron chi connectivity index (χ3n) is 3.06. The average Bonchev–Trinajstić information content (AvgIpc) is 2.26. The van der Waals surface area contributed by atoms with Crippen LogP contribution in [0, 0.1) is 0 Å². The molecule has 0 saturated heterocycles. The maximum Gasteiger partial charge on any atom is -0.00773 e. The maximum atomic E-state index is 5.45. The Hall–Kier alpha value is -0.0400. The Morgan fingerprint density at radius 3 is 1.19 bits per heavy atom. The molecule has 0 aromatic heterocycles. The highest BCUT2D eigenvalue weighted by Gasteiger charge is 1.92. The molecule has 0 radical (unpaired) electrons. The summed E-state index contributed by atoms with van der Waals surface area (Å²) in [5, 5.41) is 0. The fraction of sp³-hybridized carbons (Fsp3) is 1.00. The predicted molar refractivity (Wildman–Crippen MR) is 76.9 cm³/mol. The summed E-state index contributed by atoms with van der Waals surface area (Å²) in [6.45, 7) is 3.15. The molecule has 0 aliphatic rings. The zero-order valence-electron chi connectivity index (χ0n) is 10.8. The van der Waals surface area contributed by atoms with E-state index in [1.807, 2.05) is 0 Å². The van der Waals surface area contributed by atoms with Crippen LogP contribution in [0.1, 0.15) is 91.4 Å². The second-order valence-corrected chi connectivity index (χ2v) is 4.68. The van der Waals surface area contributed by atoms with Gasteiger partial charge >= 0.3 is 0 Å². The molecule has 0 aliphatic carbocycles. The normalized spacial score (nSPS) is 10.1. The van der Waals surface area contributed by atoms with Crippen molar-refractivity contribution in [1.82, 2.24) is 0 Å². The van der Waals surface area contributed by atoms with Crippen LogP contribution in [-0.4, -0.2) is 6.54 Å². The van der Waals surface area contributed by atoms with E-state index in [-0.39, 0.29) is 7.43 Å². The van der Waals surface area contributed by atoms with E-state index in [0.717, 1.165) is 6.54 Å². The van der Waals surface area contributed by atoms with Gasteiger partial charge in [0.15, 0.2) is 0 Å². The van der Waals surface area contributed by atoms with E-state index in [0.29, 0.717) is 0 Å². The summed E-state index contributed by atoms with van der Waals surface area (Å²) < 4.78 is 0. The molecule has 0 aliphatic heterocycles. The van der Waals surface area contributed by atoms with Crippen molar-refractivity contribution >= 4 is 0 Å². The first-order valence-electron chi connectivity index (χ1n) is 7.12. The van der Waals surface area contributed by atoms with Gasteiger partial charge in [0.1, 0.15) is 0 Å². The van der Waals surface area contributed by atoms with Crippen LogP contribution in [0.4, 0.5) is 0 Å². The summed E-state index contributed by atoms with van der Waals surface area (Å²) >= 11 is 0. The van der Waals surface area contributed by atoms with Gasteiger partial charge in [-0.3, -0.25) is 0 Å². The summed E-state index contributed by atoms with van der Waals surface area (Å²) in [6, 6.07) is 0. The molecule has 0 atom stereocenters. The van der Waals surface area contributed by atoms with Crippen LogP contribution in [0.15, 0.2) is 0 Å². The highest BCUT2D eigenvalue weighted by molar-refractivity contribution is 4.48. The Morgan fingerprint density at radius 2 is 0.875 bits per heavy atom. The molecule has 0 bridgehead atoms. The van der Waals surface area contributed by atoms with Crippen LogP contribution < -0.4 is 5.73 Å². The topological polar surface area (TPSA) is 26.0 Å². The summed E-state index contributed by atoms with van der Waals surface area (Å²) in [6.07, 6.45) is 16.9. The predicted octanol–water partition coefficient (Wildman–Crippen LogP) is 5.28. The molecule has 100 valence electrons. The molecule has 0 amide bonds. The van der Waals surface area contributed by atoms with E-state index >= 15 is 0 Å². The first-order valence-corrected chi connectivity index (χ1v) is 7.12. The molecule has 0 saturated carbocycles. The van der Waals surface area contributed by atoms with Gasteiger partial charge in [-0.2, -0.15) is 0 Å². The molecule has 1 nitrogen and oxygen atoms in total. The Bertz CT molecular complexity index is 89.6. The lowest BCUT2D eigenvalue weighted by molar-refractivity contribution is 0.545. The minimum atomic E-state index is 0. The van der Waals surface area contributed by atoms with E-state index in [4.69, 9.17) is 5.73 Å². The Morgan fingerprint density at radius 1 is 0.562 bits per heavy atom. The zero-order valence-corrected chi connectivity index (χ0v) is 10.8. The highest BCUT2D eigenvalue weighted by atomic mass is 14.5. The summed E-state index contributed by atoms with van der Waals surface area (Å²) in [5.74, 6) is 0. The van der Waals surface area contributed by atoms with E-state index in [1.54, 1.807) is 0 Å². The molecule has 1 heteroatoms. The van der Waals surface area contributed by atoms with Gasteiger partial charge in [-0.1, -0.05) is 85.0 Å². The molecule has 0 spiro atoms. The van der Waals surface area contributed by atoms with Crippen molar-refractivity contribution in [2.75, 3.05) is 6.54 Å². The smallest absolute Gasteiger partial charge is 0.00773 e. The fourth-order valence-electron chi connectivity index (χ4n) is 1.99.